The fraction of sp³-hybridized carbons (Fsp3) is 0.643. The van der Waals surface area contributed by atoms with Gasteiger partial charge in [0.15, 0.2) is 0 Å². The molecule has 0 unspecified atom stereocenters. The minimum atomic E-state index is 0.283. The van der Waals surface area contributed by atoms with Gasteiger partial charge in [0, 0.05) is 38.3 Å². The average Bonchev–Trinajstić information content (AvgIpc) is 2.32. The smallest absolute Gasteiger partial charge is 0.0545 e. The molecule has 4 nitrogen and oxygen atoms in total. The highest BCUT2D eigenvalue weighted by molar-refractivity contribution is 5.34. The number of hydrogen-bond acceptors (Lipinski definition) is 4. The topological polar surface area (TPSA) is 45.4 Å². The first kappa shape index (κ1) is 13.3. The summed E-state index contributed by atoms with van der Waals surface area (Å²) in [7, 11) is 0. The molecule has 0 atom stereocenters. The molecule has 18 heavy (non-hydrogen) atoms. The first-order chi connectivity index (χ1) is 8.45. The molecule has 0 aliphatic carbocycles. The molecule has 0 saturated carbocycles. The maximum Gasteiger partial charge on any atom is 0.0545 e. The second-order valence-corrected chi connectivity index (χ2v) is 6.02. The SMILES string of the molecule is CC(C)(C)N1CCN(Cc2ccc(N)cn2)CC1. The Bertz CT molecular complexity index is 372. The zero-order valence-electron chi connectivity index (χ0n) is 11.7. The number of nitrogens with two attached hydrogens (primary N) is 1. The van der Waals surface area contributed by atoms with E-state index in [0.29, 0.717) is 0 Å². The monoisotopic (exact) mass is 248 g/mol. The van der Waals surface area contributed by atoms with Crippen molar-refractivity contribution in [2.75, 3.05) is 31.9 Å². The number of aromatic nitrogens is 1. The second kappa shape index (κ2) is 5.24. The standard InChI is InChI=1S/C14H24N4/c1-14(2,3)18-8-6-17(7-9-18)11-13-5-4-12(15)10-16-13/h4-5,10H,6-9,11,15H2,1-3H3. The van der Waals surface area contributed by atoms with Crippen LogP contribution in [-0.4, -0.2) is 46.5 Å². The number of rotatable bonds is 2. The number of nitrogens with zero attached hydrogens (tertiary/aromatic N) is 3. The molecule has 1 aliphatic heterocycles. The summed E-state index contributed by atoms with van der Waals surface area (Å²) in [5, 5.41) is 0. The Hall–Kier alpha value is -1.13. The Morgan fingerprint density at radius 1 is 1.17 bits per heavy atom. The number of hydrogen-bond donors (Lipinski definition) is 1. The average molecular weight is 248 g/mol. The van der Waals surface area contributed by atoms with Gasteiger partial charge in [-0.1, -0.05) is 0 Å². The largest absolute Gasteiger partial charge is 0.397 e. The molecule has 0 spiro atoms. The summed E-state index contributed by atoms with van der Waals surface area (Å²) in [4.78, 5) is 9.36. The van der Waals surface area contributed by atoms with E-state index in [0.717, 1.165) is 44.1 Å². The zero-order chi connectivity index (χ0) is 13.2. The van der Waals surface area contributed by atoms with Gasteiger partial charge < -0.3 is 5.73 Å². The Morgan fingerprint density at radius 3 is 2.33 bits per heavy atom. The van der Waals surface area contributed by atoms with Crippen LogP contribution in [0.4, 0.5) is 5.69 Å². The summed E-state index contributed by atoms with van der Waals surface area (Å²) >= 11 is 0. The van der Waals surface area contributed by atoms with Crippen molar-refractivity contribution in [3.8, 4) is 0 Å². The van der Waals surface area contributed by atoms with Crippen LogP contribution in [0.1, 0.15) is 26.5 Å². The summed E-state index contributed by atoms with van der Waals surface area (Å²) < 4.78 is 0. The fourth-order valence-corrected chi connectivity index (χ4v) is 2.34. The van der Waals surface area contributed by atoms with Crippen molar-refractivity contribution < 1.29 is 0 Å². The van der Waals surface area contributed by atoms with Gasteiger partial charge in [0.1, 0.15) is 0 Å². The van der Waals surface area contributed by atoms with Crippen molar-refractivity contribution in [3.63, 3.8) is 0 Å². The minimum Gasteiger partial charge on any atom is -0.397 e. The van der Waals surface area contributed by atoms with E-state index in [1.165, 1.54) is 0 Å². The molecule has 1 aliphatic rings. The van der Waals surface area contributed by atoms with E-state index in [1.54, 1.807) is 6.20 Å². The van der Waals surface area contributed by atoms with E-state index in [9.17, 15) is 0 Å². The van der Waals surface area contributed by atoms with Crippen LogP contribution >= 0.6 is 0 Å². The second-order valence-electron chi connectivity index (χ2n) is 6.02. The van der Waals surface area contributed by atoms with Gasteiger partial charge in [-0.3, -0.25) is 14.8 Å². The molecule has 2 rings (SSSR count). The van der Waals surface area contributed by atoms with E-state index in [1.807, 2.05) is 12.1 Å². The molecule has 0 bridgehead atoms. The summed E-state index contributed by atoms with van der Waals surface area (Å²) in [6.07, 6.45) is 1.74. The number of pyridine rings is 1. The summed E-state index contributed by atoms with van der Waals surface area (Å²) in [5.74, 6) is 0. The van der Waals surface area contributed by atoms with Crippen LogP contribution in [0.3, 0.4) is 0 Å². The Morgan fingerprint density at radius 2 is 1.83 bits per heavy atom. The van der Waals surface area contributed by atoms with E-state index in [4.69, 9.17) is 5.73 Å². The molecular weight excluding hydrogens is 224 g/mol. The summed E-state index contributed by atoms with van der Waals surface area (Å²) in [6.45, 7) is 12.3. The molecule has 100 valence electrons. The number of anilines is 1. The van der Waals surface area contributed by atoms with Crippen molar-refractivity contribution in [2.45, 2.75) is 32.9 Å². The van der Waals surface area contributed by atoms with Gasteiger partial charge in [-0.25, -0.2) is 0 Å². The first-order valence-electron chi connectivity index (χ1n) is 6.63. The van der Waals surface area contributed by atoms with Crippen molar-refractivity contribution in [1.82, 2.24) is 14.8 Å². The first-order valence-corrected chi connectivity index (χ1v) is 6.63. The molecule has 1 saturated heterocycles. The van der Waals surface area contributed by atoms with Crippen molar-refractivity contribution >= 4 is 5.69 Å². The highest BCUT2D eigenvalue weighted by Gasteiger charge is 2.25. The normalized spacial score (nSPS) is 19.1. The minimum absolute atomic E-state index is 0.283. The predicted molar refractivity (Wildman–Crippen MR) is 75.3 cm³/mol. The predicted octanol–water partition coefficient (Wildman–Crippen LogP) is 1.58. The molecule has 0 aromatic carbocycles. The Balaban J connectivity index is 1.85. The van der Waals surface area contributed by atoms with Crippen LogP contribution in [0.2, 0.25) is 0 Å². The quantitative estimate of drug-likeness (QED) is 0.863. The third-order valence-corrected chi connectivity index (χ3v) is 3.55. The highest BCUT2D eigenvalue weighted by Crippen LogP contribution is 2.16. The molecular formula is C14H24N4. The Labute approximate surface area is 110 Å². The maximum atomic E-state index is 5.64. The lowest BCUT2D eigenvalue weighted by atomic mass is 10.0. The lowest BCUT2D eigenvalue weighted by Gasteiger charge is -2.42. The lowest BCUT2D eigenvalue weighted by molar-refractivity contribution is 0.0586. The van der Waals surface area contributed by atoms with E-state index < -0.39 is 0 Å². The molecule has 4 heteroatoms. The van der Waals surface area contributed by atoms with Crippen LogP contribution in [0.15, 0.2) is 18.3 Å². The van der Waals surface area contributed by atoms with Crippen LogP contribution in [0.5, 0.6) is 0 Å². The zero-order valence-corrected chi connectivity index (χ0v) is 11.7. The van der Waals surface area contributed by atoms with Crippen molar-refractivity contribution in [1.29, 1.82) is 0 Å². The van der Waals surface area contributed by atoms with Gasteiger partial charge in [-0.2, -0.15) is 0 Å². The third-order valence-electron chi connectivity index (χ3n) is 3.55. The Kier molecular flexibility index (Phi) is 3.88. The van der Waals surface area contributed by atoms with Gasteiger partial charge >= 0.3 is 0 Å². The van der Waals surface area contributed by atoms with Gasteiger partial charge in [-0.05, 0) is 32.9 Å². The van der Waals surface area contributed by atoms with Gasteiger partial charge in [0.25, 0.3) is 0 Å². The highest BCUT2D eigenvalue weighted by atomic mass is 15.3. The van der Waals surface area contributed by atoms with Gasteiger partial charge in [0.2, 0.25) is 0 Å². The molecule has 1 fully saturated rings. The summed E-state index contributed by atoms with van der Waals surface area (Å²) in [6, 6.07) is 3.94. The van der Waals surface area contributed by atoms with Crippen LogP contribution < -0.4 is 5.73 Å². The van der Waals surface area contributed by atoms with Crippen LogP contribution in [0, 0.1) is 0 Å². The molecule has 1 aromatic rings. The van der Waals surface area contributed by atoms with Crippen molar-refractivity contribution in [3.05, 3.63) is 24.0 Å². The van der Waals surface area contributed by atoms with E-state index >= 15 is 0 Å². The van der Waals surface area contributed by atoms with Crippen LogP contribution in [-0.2, 0) is 6.54 Å². The van der Waals surface area contributed by atoms with E-state index in [2.05, 4.69) is 35.6 Å². The van der Waals surface area contributed by atoms with Crippen LogP contribution in [0.25, 0.3) is 0 Å². The number of nitrogen functional groups attached to an aromatic ring is 1. The molecule has 1 aromatic heterocycles. The van der Waals surface area contributed by atoms with E-state index in [-0.39, 0.29) is 5.54 Å². The molecule has 2 N–H and O–H groups in total. The number of piperazine rings is 1. The fourth-order valence-electron chi connectivity index (χ4n) is 2.34. The lowest BCUT2D eigenvalue weighted by Crippen LogP contribution is -2.53. The molecule has 0 amide bonds. The molecule has 0 radical (unpaired) electrons. The summed E-state index contributed by atoms with van der Waals surface area (Å²) in [5.41, 5.74) is 7.76. The van der Waals surface area contributed by atoms with Gasteiger partial charge in [-0.15, -0.1) is 0 Å². The maximum absolute atomic E-state index is 5.64. The molecule has 2 heterocycles. The third kappa shape index (κ3) is 3.43. The van der Waals surface area contributed by atoms with Crippen molar-refractivity contribution in [2.24, 2.45) is 0 Å². The van der Waals surface area contributed by atoms with Gasteiger partial charge in [0.05, 0.1) is 17.6 Å².